The van der Waals surface area contributed by atoms with Gasteiger partial charge in [0.2, 0.25) is 5.91 Å². The topological polar surface area (TPSA) is 82.5 Å². The number of aliphatic carboxylic acids is 1. The molecule has 0 fully saturated rings. The molecule has 0 radical (unpaired) electrons. The van der Waals surface area contributed by atoms with Crippen LogP contribution in [0.2, 0.25) is 0 Å². The summed E-state index contributed by atoms with van der Waals surface area (Å²) in [5.41, 5.74) is 0.798. The highest BCUT2D eigenvalue weighted by Crippen LogP contribution is 2.21. The molecule has 0 saturated heterocycles. The average Bonchev–Trinajstić information content (AvgIpc) is 2.34. The van der Waals surface area contributed by atoms with Crippen molar-refractivity contribution < 1.29 is 14.7 Å². The van der Waals surface area contributed by atoms with Crippen molar-refractivity contribution in [3.8, 4) is 0 Å². The summed E-state index contributed by atoms with van der Waals surface area (Å²) in [6, 6.07) is 1.82. The number of rotatable bonds is 2. The normalized spacial score (nSPS) is 15.9. The summed E-state index contributed by atoms with van der Waals surface area (Å²) in [7, 11) is 0. The molecule has 1 aromatic heterocycles. The van der Waals surface area contributed by atoms with Crippen LogP contribution in [0.3, 0.4) is 0 Å². The van der Waals surface area contributed by atoms with Gasteiger partial charge in [-0.25, -0.2) is 4.98 Å². The molecule has 0 aliphatic carbocycles. The number of carboxylic acid groups (broad SMARTS) is 1. The molecule has 0 atom stereocenters. The molecule has 0 aromatic carbocycles. The van der Waals surface area contributed by atoms with Gasteiger partial charge >= 0.3 is 5.97 Å². The number of carbonyl (C=O) groups excluding carboxylic acids is 1. The molecule has 7 heteroatoms. The second kappa shape index (κ2) is 4.80. The smallest absolute Gasteiger partial charge is 0.317 e. The number of amides is 1. The van der Waals surface area contributed by atoms with Gasteiger partial charge in [-0.15, -0.1) is 0 Å². The Kier molecular flexibility index (Phi) is 3.39. The van der Waals surface area contributed by atoms with Crippen molar-refractivity contribution in [1.82, 2.24) is 9.88 Å². The van der Waals surface area contributed by atoms with Gasteiger partial charge in [-0.05, 0) is 22.0 Å². The number of carboxylic acids is 1. The number of nitrogens with one attached hydrogen (secondary N) is 1. The van der Waals surface area contributed by atoms with Crippen LogP contribution in [0.25, 0.3) is 0 Å². The van der Waals surface area contributed by atoms with Gasteiger partial charge in [-0.1, -0.05) is 0 Å². The zero-order valence-corrected chi connectivity index (χ0v) is 10.4. The second-order valence-corrected chi connectivity index (χ2v) is 4.66. The number of pyridine rings is 1. The lowest BCUT2D eigenvalue weighted by Gasteiger charge is -2.15. The third kappa shape index (κ3) is 3.01. The first-order valence-electron chi connectivity index (χ1n) is 4.93. The van der Waals surface area contributed by atoms with Crippen LogP contribution in [0.1, 0.15) is 5.56 Å². The third-order valence-electron chi connectivity index (χ3n) is 2.31. The van der Waals surface area contributed by atoms with Crippen LogP contribution in [-0.2, 0) is 16.1 Å². The van der Waals surface area contributed by atoms with E-state index in [-0.39, 0.29) is 19.0 Å². The number of hydrogen-bond acceptors (Lipinski definition) is 4. The lowest BCUT2D eigenvalue weighted by molar-refractivity contribution is -0.138. The largest absolute Gasteiger partial charge is 0.480 e. The standard InChI is InChI=1S/C10H10BrN3O3/c11-7-1-6-3-14(5-9(16)17)4-8(15)13-10(6)12-2-7/h1-2H,3-5H2,(H,16,17)(H,12,13,15). The summed E-state index contributed by atoms with van der Waals surface area (Å²) < 4.78 is 0.794. The Hall–Kier alpha value is -1.47. The van der Waals surface area contributed by atoms with Crippen molar-refractivity contribution in [3.63, 3.8) is 0 Å². The fourth-order valence-corrected chi connectivity index (χ4v) is 2.07. The van der Waals surface area contributed by atoms with Crippen LogP contribution in [0.15, 0.2) is 16.7 Å². The molecular formula is C10H10BrN3O3. The van der Waals surface area contributed by atoms with E-state index >= 15 is 0 Å². The Morgan fingerprint density at radius 1 is 1.59 bits per heavy atom. The summed E-state index contributed by atoms with van der Waals surface area (Å²) in [5, 5.41) is 11.4. The SMILES string of the molecule is O=C(O)CN1CC(=O)Nc2ncc(Br)cc2C1. The molecule has 90 valence electrons. The van der Waals surface area contributed by atoms with Crippen molar-refractivity contribution in [1.29, 1.82) is 0 Å². The number of nitrogens with zero attached hydrogens (tertiary/aromatic N) is 2. The van der Waals surface area contributed by atoms with E-state index in [2.05, 4.69) is 26.2 Å². The molecule has 0 bridgehead atoms. The van der Waals surface area contributed by atoms with Gasteiger partial charge in [-0.3, -0.25) is 14.5 Å². The minimum atomic E-state index is -0.954. The number of carbonyl (C=O) groups is 2. The molecule has 2 rings (SSSR count). The predicted octanol–water partition coefficient (Wildman–Crippen LogP) is 0.683. The molecule has 0 spiro atoms. The molecular weight excluding hydrogens is 290 g/mol. The van der Waals surface area contributed by atoms with E-state index < -0.39 is 5.97 Å². The van der Waals surface area contributed by atoms with E-state index in [1.807, 2.05) is 6.07 Å². The first-order chi connectivity index (χ1) is 8.04. The van der Waals surface area contributed by atoms with E-state index in [1.54, 1.807) is 11.1 Å². The van der Waals surface area contributed by atoms with E-state index in [0.29, 0.717) is 12.4 Å². The highest BCUT2D eigenvalue weighted by Gasteiger charge is 2.21. The number of fused-ring (bicyclic) bond motifs is 1. The molecule has 0 saturated carbocycles. The summed E-state index contributed by atoms with van der Waals surface area (Å²) in [5.74, 6) is -0.713. The molecule has 17 heavy (non-hydrogen) atoms. The maximum Gasteiger partial charge on any atom is 0.317 e. The number of anilines is 1. The first kappa shape index (κ1) is 12.0. The summed E-state index contributed by atoms with van der Waals surface area (Å²) in [6.45, 7) is 0.270. The molecule has 6 nitrogen and oxygen atoms in total. The zero-order valence-electron chi connectivity index (χ0n) is 8.81. The van der Waals surface area contributed by atoms with Crippen LogP contribution in [-0.4, -0.2) is 40.0 Å². The quantitative estimate of drug-likeness (QED) is 0.839. The van der Waals surface area contributed by atoms with Crippen molar-refractivity contribution in [3.05, 3.63) is 22.3 Å². The van der Waals surface area contributed by atoms with Crippen molar-refractivity contribution in [2.45, 2.75) is 6.54 Å². The van der Waals surface area contributed by atoms with Gasteiger partial charge in [0.25, 0.3) is 0 Å². The van der Waals surface area contributed by atoms with E-state index in [1.165, 1.54) is 0 Å². The lowest BCUT2D eigenvalue weighted by Crippen LogP contribution is -2.34. The fraction of sp³-hybridized carbons (Fsp3) is 0.300. The monoisotopic (exact) mass is 299 g/mol. The lowest BCUT2D eigenvalue weighted by atomic mass is 10.2. The number of halogens is 1. The highest BCUT2D eigenvalue weighted by molar-refractivity contribution is 9.10. The van der Waals surface area contributed by atoms with Crippen LogP contribution >= 0.6 is 15.9 Å². The summed E-state index contributed by atoms with van der Waals surface area (Å²) in [4.78, 5) is 27.8. The third-order valence-corrected chi connectivity index (χ3v) is 2.74. The molecule has 2 heterocycles. The number of aromatic nitrogens is 1. The maximum atomic E-state index is 11.5. The van der Waals surface area contributed by atoms with E-state index in [4.69, 9.17) is 5.11 Å². The summed E-state index contributed by atoms with van der Waals surface area (Å²) in [6.07, 6.45) is 1.59. The van der Waals surface area contributed by atoms with Gasteiger partial charge in [0, 0.05) is 22.8 Å². The zero-order chi connectivity index (χ0) is 12.4. The van der Waals surface area contributed by atoms with Crippen LogP contribution in [0.4, 0.5) is 5.82 Å². The van der Waals surface area contributed by atoms with Crippen LogP contribution in [0.5, 0.6) is 0 Å². The van der Waals surface area contributed by atoms with Crippen molar-refractivity contribution in [2.75, 3.05) is 18.4 Å². The Balaban J connectivity index is 2.28. The Morgan fingerprint density at radius 2 is 2.35 bits per heavy atom. The average molecular weight is 300 g/mol. The maximum absolute atomic E-state index is 11.5. The Morgan fingerprint density at radius 3 is 3.06 bits per heavy atom. The fourth-order valence-electron chi connectivity index (χ4n) is 1.69. The molecule has 1 aliphatic heterocycles. The first-order valence-corrected chi connectivity index (χ1v) is 5.72. The van der Waals surface area contributed by atoms with Gasteiger partial charge in [0.05, 0.1) is 13.1 Å². The molecule has 2 N–H and O–H groups in total. The minimum Gasteiger partial charge on any atom is -0.480 e. The van der Waals surface area contributed by atoms with Crippen LogP contribution in [0, 0.1) is 0 Å². The second-order valence-electron chi connectivity index (χ2n) is 3.75. The van der Waals surface area contributed by atoms with Gasteiger partial charge in [0.15, 0.2) is 0 Å². The Bertz CT molecular complexity index is 478. The van der Waals surface area contributed by atoms with Crippen LogP contribution < -0.4 is 5.32 Å². The molecule has 1 aliphatic rings. The molecule has 1 amide bonds. The van der Waals surface area contributed by atoms with E-state index in [0.717, 1.165) is 10.0 Å². The predicted molar refractivity (Wildman–Crippen MR) is 63.5 cm³/mol. The van der Waals surface area contributed by atoms with Gasteiger partial charge < -0.3 is 10.4 Å². The Labute approximate surface area is 106 Å². The molecule has 0 unspecified atom stereocenters. The number of hydrogen-bond donors (Lipinski definition) is 2. The summed E-state index contributed by atoms with van der Waals surface area (Å²) >= 11 is 3.29. The highest BCUT2D eigenvalue weighted by atomic mass is 79.9. The van der Waals surface area contributed by atoms with Gasteiger partial charge in [0.1, 0.15) is 5.82 Å². The van der Waals surface area contributed by atoms with Crippen molar-refractivity contribution >= 4 is 33.6 Å². The van der Waals surface area contributed by atoms with Crippen molar-refractivity contribution in [2.24, 2.45) is 0 Å². The van der Waals surface area contributed by atoms with E-state index in [9.17, 15) is 9.59 Å². The molecule has 1 aromatic rings. The minimum absolute atomic E-state index is 0.0558. The van der Waals surface area contributed by atoms with Gasteiger partial charge in [-0.2, -0.15) is 0 Å².